The Bertz CT molecular complexity index is 876. The van der Waals surface area contributed by atoms with Crippen molar-refractivity contribution in [2.24, 2.45) is 0 Å². The minimum Gasteiger partial charge on any atom is -0.489 e. The maximum absolute atomic E-state index is 11.9. The molecule has 1 aliphatic rings. The zero-order valence-corrected chi connectivity index (χ0v) is 16.3. The van der Waals surface area contributed by atoms with Crippen LogP contribution in [0.2, 0.25) is 0 Å². The van der Waals surface area contributed by atoms with Crippen LogP contribution in [0.15, 0.2) is 78.9 Å². The first kappa shape index (κ1) is 19.2. The van der Waals surface area contributed by atoms with Crippen LogP contribution in [-0.4, -0.2) is 12.4 Å². The fourth-order valence-corrected chi connectivity index (χ4v) is 3.32. The number of rotatable bonds is 7. The van der Waals surface area contributed by atoms with E-state index >= 15 is 0 Å². The topological polar surface area (TPSA) is 44.8 Å². The van der Waals surface area contributed by atoms with Gasteiger partial charge in [0, 0.05) is 18.9 Å². The molecule has 0 aromatic heterocycles. The molecule has 4 nitrogen and oxygen atoms in total. The molecular weight excluding hydrogens is 364 g/mol. The fourth-order valence-electron chi connectivity index (χ4n) is 3.32. The molecule has 1 heterocycles. The second-order valence-corrected chi connectivity index (χ2v) is 7.14. The minimum absolute atomic E-state index is 0.226. The van der Waals surface area contributed by atoms with Gasteiger partial charge in [0.25, 0.3) is 0 Å². The van der Waals surface area contributed by atoms with Gasteiger partial charge < -0.3 is 14.2 Å². The zero-order chi connectivity index (χ0) is 19.9. The van der Waals surface area contributed by atoms with Crippen molar-refractivity contribution in [1.29, 1.82) is 0 Å². The molecule has 1 unspecified atom stereocenters. The summed E-state index contributed by atoms with van der Waals surface area (Å²) in [5, 5.41) is 0. The fraction of sp³-hybridized carbons (Fsp3) is 0.240. The predicted molar refractivity (Wildman–Crippen MR) is 111 cm³/mol. The molecule has 1 saturated heterocycles. The number of hydrogen-bond donors (Lipinski definition) is 0. The van der Waals surface area contributed by atoms with Crippen LogP contribution in [-0.2, 0) is 22.7 Å². The molecule has 4 rings (SSSR count). The average molecular weight is 388 g/mol. The number of carbonyl (C=O) groups is 1. The number of hydrogen-bond acceptors (Lipinski definition) is 4. The molecule has 0 amide bonds. The van der Waals surface area contributed by atoms with Crippen molar-refractivity contribution in [1.82, 2.24) is 0 Å². The zero-order valence-electron chi connectivity index (χ0n) is 16.3. The van der Waals surface area contributed by atoms with Gasteiger partial charge in [0.15, 0.2) is 0 Å². The van der Waals surface area contributed by atoms with E-state index in [9.17, 15) is 4.79 Å². The predicted octanol–water partition coefficient (Wildman–Crippen LogP) is 5.27. The van der Waals surface area contributed by atoms with E-state index in [0.717, 1.165) is 16.7 Å². The highest BCUT2D eigenvalue weighted by atomic mass is 16.5. The Kier molecular flexibility index (Phi) is 6.22. The van der Waals surface area contributed by atoms with Gasteiger partial charge in [-0.3, -0.25) is 4.79 Å². The van der Waals surface area contributed by atoms with Gasteiger partial charge in [-0.2, -0.15) is 0 Å². The second kappa shape index (κ2) is 9.39. The molecule has 0 N–H and O–H groups in total. The van der Waals surface area contributed by atoms with Crippen molar-refractivity contribution in [3.05, 3.63) is 95.6 Å². The Morgan fingerprint density at radius 3 is 1.86 bits per heavy atom. The van der Waals surface area contributed by atoms with Crippen LogP contribution >= 0.6 is 0 Å². The summed E-state index contributed by atoms with van der Waals surface area (Å²) in [6.07, 6.45) is 0.619. The van der Waals surface area contributed by atoms with Crippen molar-refractivity contribution in [2.75, 3.05) is 6.61 Å². The quantitative estimate of drug-likeness (QED) is 0.553. The van der Waals surface area contributed by atoms with Crippen molar-refractivity contribution < 1.29 is 19.0 Å². The Labute approximate surface area is 171 Å². The molecule has 29 heavy (non-hydrogen) atoms. The SMILES string of the molecule is O=C1CCOC(c2cc(OCc3ccccc3)cc(OCc3ccccc3)c2)C1. The standard InChI is InChI=1S/C25H24O4/c26-22-11-12-27-25(15-22)21-13-23(28-17-19-7-3-1-4-8-19)16-24(14-21)29-18-20-9-5-2-6-10-20/h1-10,13-14,16,25H,11-12,15,17-18H2. The van der Waals surface area contributed by atoms with E-state index in [1.807, 2.05) is 78.9 Å². The summed E-state index contributed by atoms with van der Waals surface area (Å²) in [6.45, 7) is 1.39. The summed E-state index contributed by atoms with van der Waals surface area (Å²) in [5.41, 5.74) is 3.09. The molecule has 0 bridgehead atoms. The maximum Gasteiger partial charge on any atom is 0.138 e. The Morgan fingerprint density at radius 2 is 1.34 bits per heavy atom. The van der Waals surface area contributed by atoms with Crippen molar-refractivity contribution in [3.8, 4) is 11.5 Å². The molecule has 0 aliphatic carbocycles. The summed E-state index contributed by atoms with van der Waals surface area (Å²) in [6, 6.07) is 25.8. The third-order valence-corrected chi connectivity index (χ3v) is 4.88. The van der Waals surface area contributed by atoms with Gasteiger partial charge in [-0.1, -0.05) is 60.7 Å². The van der Waals surface area contributed by atoms with Crippen LogP contribution in [0.4, 0.5) is 0 Å². The number of benzene rings is 3. The Hall–Kier alpha value is -3.11. The summed E-state index contributed by atoms with van der Waals surface area (Å²) >= 11 is 0. The van der Waals surface area contributed by atoms with E-state index in [1.165, 1.54) is 0 Å². The molecular formula is C25H24O4. The monoisotopic (exact) mass is 388 g/mol. The largest absolute Gasteiger partial charge is 0.489 e. The Morgan fingerprint density at radius 1 is 0.793 bits per heavy atom. The van der Waals surface area contributed by atoms with Gasteiger partial charge in [0.2, 0.25) is 0 Å². The molecule has 1 aliphatic heterocycles. The van der Waals surface area contributed by atoms with Crippen LogP contribution in [0.3, 0.4) is 0 Å². The molecule has 0 radical (unpaired) electrons. The van der Waals surface area contributed by atoms with Crippen LogP contribution < -0.4 is 9.47 Å². The highest BCUT2D eigenvalue weighted by molar-refractivity contribution is 5.79. The van der Waals surface area contributed by atoms with Crippen molar-refractivity contribution in [3.63, 3.8) is 0 Å². The van der Waals surface area contributed by atoms with Gasteiger partial charge in [-0.05, 0) is 28.8 Å². The molecule has 4 heteroatoms. The average Bonchev–Trinajstić information content (AvgIpc) is 2.78. The number of carbonyl (C=O) groups excluding carboxylic acids is 1. The maximum atomic E-state index is 11.9. The smallest absolute Gasteiger partial charge is 0.138 e. The van der Waals surface area contributed by atoms with Crippen molar-refractivity contribution >= 4 is 5.78 Å². The molecule has 1 atom stereocenters. The molecule has 0 spiro atoms. The minimum atomic E-state index is -0.254. The van der Waals surface area contributed by atoms with E-state index < -0.39 is 0 Å². The van der Waals surface area contributed by atoms with E-state index in [2.05, 4.69) is 0 Å². The van der Waals surface area contributed by atoms with Crippen LogP contribution in [0.5, 0.6) is 11.5 Å². The first-order valence-electron chi connectivity index (χ1n) is 9.88. The van der Waals surface area contributed by atoms with Crippen LogP contribution in [0, 0.1) is 0 Å². The number of ketones is 1. The van der Waals surface area contributed by atoms with Crippen LogP contribution in [0.1, 0.15) is 35.6 Å². The molecule has 3 aromatic carbocycles. The van der Waals surface area contributed by atoms with Gasteiger partial charge in [0.05, 0.1) is 12.7 Å². The van der Waals surface area contributed by atoms with Crippen molar-refractivity contribution in [2.45, 2.75) is 32.2 Å². The highest BCUT2D eigenvalue weighted by Crippen LogP contribution is 2.33. The normalized spacial score (nSPS) is 16.4. The summed E-state index contributed by atoms with van der Waals surface area (Å²) in [4.78, 5) is 11.9. The summed E-state index contributed by atoms with van der Waals surface area (Å²) in [7, 11) is 0. The lowest BCUT2D eigenvalue weighted by molar-refractivity contribution is -0.128. The van der Waals surface area contributed by atoms with E-state index in [4.69, 9.17) is 14.2 Å². The first-order chi connectivity index (χ1) is 14.3. The lowest BCUT2D eigenvalue weighted by Crippen LogP contribution is -2.19. The third-order valence-electron chi connectivity index (χ3n) is 4.88. The summed E-state index contributed by atoms with van der Waals surface area (Å²) in [5.74, 6) is 1.63. The van der Waals surface area contributed by atoms with Gasteiger partial charge in [-0.15, -0.1) is 0 Å². The lowest BCUT2D eigenvalue weighted by atomic mass is 10.00. The first-order valence-corrected chi connectivity index (χ1v) is 9.88. The Balaban J connectivity index is 1.53. The van der Waals surface area contributed by atoms with Gasteiger partial charge in [0.1, 0.15) is 30.5 Å². The van der Waals surface area contributed by atoms with E-state index in [1.54, 1.807) is 0 Å². The third kappa shape index (κ3) is 5.46. The molecule has 1 fully saturated rings. The van der Waals surface area contributed by atoms with Gasteiger partial charge in [-0.25, -0.2) is 0 Å². The number of Topliss-reactive ketones (excluding diaryl/α,β-unsaturated/α-hetero) is 1. The van der Waals surface area contributed by atoms with E-state index in [-0.39, 0.29) is 11.9 Å². The second-order valence-electron chi connectivity index (χ2n) is 7.14. The molecule has 148 valence electrons. The highest BCUT2D eigenvalue weighted by Gasteiger charge is 2.23. The summed E-state index contributed by atoms with van der Waals surface area (Å²) < 4.78 is 17.9. The van der Waals surface area contributed by atoms with E-state index in [0.29, 0.717) is 44.2 Å². The lowest BCUT2D eigenvalue weighted by Gasteiger charge is -2.23. The van der Waals surface area contributed by atoms with Crippen LogP contribution in [0.25, 0.3) is 0 Å². The molecule has 3 aromatic rings. The number of ether oxygens (including phenoxy) is 3. The molecule has 0 saturated carbocycles. The van der Waals surface area contributed by atoms with Gasteiger partial charge >= 0.3 is 0 Å².